The lowest BCUT2D eigenvalue weighted by Gasteiger charge is -2.19. The highest BCUT2D eigenvalue weighted by molar-refractivity contribution is 7.99. The summed E-state index contributed by atoms with van der Waals surface area (Å²) in [5.41, 5.74) is 2.39. The van der Waals surface area contributed by atoms with Gasteiger partial charge in [-0.2, -0.15) is 0 Å². The van der Waals surface area contributed by atoms with Crippen LogP contribution in [0.2, 0.25) is 5.02 Å². The Morgan fingerprint density at radius 1 is 1.38 bits per heavy atom. The average Bonchev–Trinajstić information content (AvgIpc) is 3.16. The molecule has 4 nitrogen and oxygen atoms in total. The quantitative estimate of drug-likeness (QED) is 0.567. The fourth-order valence-electron chi connectivity index (χ4n) is 3.59. The average molecular weight is 443 g/mol. The Balaban J connectivity index is 1.99. The van der Waals surface area contributed by atoms with Crippen LogP contribution in [0.25, 0.3) is 5.69 Å². The van der Waals surface area contributed by atoms with Gasteiger partial charge in [0.2, 0.25) is 0 Å². The van der Waals surface area contributed by atoms with Gasteiger partial charge in [0.15, 0.2) is 5.43 Å². The molecule has 4 rings (SSSR count). The van der Waals surface area contributed by atoms with E-state index in [9.17, 15) is 9.59 Å². The maximum Gasteiger partial charge on any atom is 0.257 e. The lowest BCUT2D eigenvalue weighted by Crippen LogP contribution is -2.32. The number of rotatable bonds is 4. The first-order chi connectivity index (χ1) is 14.0. The van der Waals surface area contributed by atoms with Gasteiger partial charge in [0.05, 0.1) is 5.69 Å². The van der Waals surface area contributed by atoms with Gasteiger partial charge in [-0.3, -0.25) is 9.59 Å². The van der Waals surface area contributed by atoms with Gasteiger partial charge in [0, 0.05) is 50.5 Å². The minimum absolute atomic E-state index is 0.0770. The molecular weight excluding hydrogens is 424 g/mol. The standard InChI is InChI=1S/C22H19ClN2O2S2/c1-3-8-24-22(27)21-16-12-20(18-5-4-9-28-18)29-19-11-14(23)6-7-15(19)25(16)13(2)10-17(21)26/h3-7,9-11,20H,1,8,12H2,2H3,(H,24,27). The van der Waals surface area contributed by atoms with Crippen LogP contribution < -0.4 is 10.7 Å². The van der Waals surface area contributed by atoms with E-state index in [0.29, 0.717) is 18.0 Å². The van der Waals surface area contributed by atoms with Gasteiger partial charge in [-0.25, -0.2) is 0 Å². The number of carbonyl (C=O) groups is 1. The molecule has 1 aliphatic rings. The molecule has 1 N–H and O–H groups in total. The molecule has 0 bridgehead atoms. The monoisotopic (exact) mass is 442 g/mol. The number of hydrogen-bond donors (Lipinski definition) is 1. The minimum atomic E-state index is -0.369. The molecule has 1 aromatic carbocycles. The van der Waals surface area contributed by atoms with Crippen LogP contribution in [0.1, 0.15) is 31.9 Å². The number of benzene rings is 1. The topological polar surface area (TPSA) is 51.1 Å². The Labute approximate surface area is 182 Å². The Bertz CT molecular complexity index is 1150. The van der Waals surface area contributed by atoms with E-state index in [-0.39, 0.29) is 22.1 Å². The van der Waals surface area contributed by atoms with Gasteiger partial charge >= 0.3 is 0 Å². The van der Waals surface area contributed by atoms with Gasteiger partial charge in [-0.05, 0) is 36.6 Å². The fourth-order valence-corrected chi connectivity index (χ4v) is 6.06. The Morgan fingerprint density at radius 3 is 2.93 bits per heavy atom. The first-order valence-corrected chi connectivity index (χ1v) is 11.3. The van der Waals surface area contributed by atoms with Crippen LogP contribution in [0.5, 0.6) is 0 Å². The number of thioether (sulfide) groups is 1. The van der Waals surface area contributed by atoms with E-state index in [1.54, 1.807) is 29.2 Å². The van der Waals surface area contributed by atoms with Crippen molar-refractivity contribution in [2.24, 2.45) is 0 Å². The SMILES string of the molecule is C=CCNC(=O)c1c2n(c(C)cc1=O)-c1ccc(Cl)cc1SC(c1cccs1)C2. The normalized spacial score (nSPS) is 15.2. The third-order valence-electron chi connectivity index (χ3n) is 4.80. The molecule has 0 radical (unpaired) electrons. The van der Waals surface area contributed by atoms with Crippen LogP contribution >= 0.6 is 34.7 Å². The minimum Gasteiger partial charge on any atom is -0.348 e. The van der Waals surface area contributed by atoms with Crippen molar-refractivity contribution >= 4 is 40.6 Å². The number of nitrogens with zero attached hydrogens (tertiary/aromatic N) is 1. The number of fused-ring (bicyclic) bond motifs is 3. The van der Waals surface area contributed by atoms with Crippen molar-refractivity contribution in [2.75, 3.05) is 6.54 Å². The van der Waals surface area contributed by atoms with Crippen molar-refractivity contribution in [2.45, 2.75) is 23.5 Å². The molecule has 2 aromatic heterocycles. The number of halogens is 1. The molecule has 1 aliphatic heterocycles. The summed E-state index contributed by atoms with van der Waals surface area (Å²) in [5.74, 6) is -0.369. The van der Waals surface area contributed by atoms with E-state index in [2.05, 4.69) is 18.0 Å². The Kier molecular flexibility index (Phi) is 5.67. The van der Waals surface area contributed by atoms with E-state index >= 15 is 0 Å². The van der Waals surface area contributed by atoms with E-state index in [0.717, 1.165) is 22.0 Å². The summed E-state index contributed by atoms with van der Waals surface area (Å²) >= 11 is 9.68. The van der Waals surface area contributed by atoms with Gasteiger partial charge in [0.1, 0.15) is 5.56 Å². The van der Waals surface area contributed by atoms with Crippen LogP contribution in [0, 0.1) is 6.92 Å². The number of aromatic nitrogens is 1. The second-order valence-electron chi connectivity index (χ2n) is 6.74. The molecule has 148 valence electrons. The molecule has 3 heterocycles. The number of pyridine rings is 1. The first kappa shape index (κ1) is 20.0. The number of nitrogens with one attached hydrogen (secondary N) is 1. The number of amides is 1. The number of aryl methyl sites for hydroxylation is 1. The molecule has 1 unspecified atom stereocenters. The van der Waals surface area contributed by atoms with E-state index in [1.165, 1.54) is 10.9 Å². The zero-order chi connectivity index (χ0) is 20.5. The third-order valence-corrected chi connectivity index (χ3v) is 7.46. The van der Waals surface area contributed by atoms with Crippen molar-refractivity contribution in [1.29, 1.82) is 0 Å². The Morgan fingerprint density at radius 2 is 2.21 bits per heavy atom. The molecule has 0 aliphatic carbocycles. The molecule has 1 amide bonds. The summed E-state index contributed by atoms with van der Waals surface area (Å²) in [6.45, 7) is 5.84. The highest BCUT2D eigenvalue weighted by Crippen LogP contribution is 2.46. The van der Waals surface area contributed by atoms with Gasteiger partial charge < -0.3 is 9.88 Å². The predicted octanol–water partition coefficient (Wildman–Crippen LogP) is 5.17. The maximum absolute atomic E-state index is 12.9. The lowest BCUT2D eigenvalue weighted by atomic mass is 10.0. The molecule has 7 heteroatoms. The zero-order valence-corrected chi connectivity index (χ0v) is 18.2. The van der Waals surface area contributed by atoms with Crippen molar-refractivity contribution in [3.63, 3.8) is 0 Å². The molecule has 29 heavy (non-hydrogen) atoms. The Hall–Kier alpha value is -2.28. The maximum atomic E-state index is 12.9. The summed E-state index contributed by atoms with van der Waals surface area (Å²) < 4.78 is 2.02. The summed E-state index contributed by atoms with van der Waals surface area (Å²) in [7, 11) is 0. The number of carbonyl (C=O) groups excluding carboxylic acids is 1. The van der Waals surface area contributed by atoms with Gasteiger partial charge in [0.25, 0.3) is 5.91 Å². The van der Waals surface area contributed by atoms with Crippen LogP contribution in [-0.2, 0) is 6.42 Å². The van der Waals surface area contributed by atoms with Crippen LogP contribution in [-0.4, -0.2) is 17.0 Å². The molecule has 1 atom stereocenters. The predicted molar refractivity (Wildman–Crippen MR) is 121 cm³/mol. The van der Waals surface area contributed by atoms with E-state index in [4.69, 9.17) is 11.6 Å². The summed E-state index contributed by atoms with van der Waals surface area (Å²) in [5, 5.41) is 5.55. The highest BCUT2D eigenvalue weighted by Gasteiger charge is 2.29. The smallest absolute Gasteiger partial charge is 0.257 e. The largest absolute Gasteiger partial charge is 0.348 e. The summed E-state index contributed by atoms with van der Waals surface area (Å²) in [6, 6.07) is 11.4. The summed E-state index contributed by atoms with van der Waals surface area (Å²) in [4.78, 5) is 28.0. The molecule has 3 aromatic rings. The van der Waals surface area contributed by atoms with Gasteiger partial charge in [-0.15, -0.1) is 29.7 Å². The fraction of sp³-hybridized carbons (Fsp3) is 0.182. The van der Waals surface area contributed by atoms with Crippen molar-refractivity contribution in [3.8, 4) is 5.69 Å². The van der Waals surface area contributed by atoms with Crippen LogP contribution in [0.4, 0.5) is 0 Å². The second-order valence-corrected chi connectivity index (χ2v) is 9.40. The van der Waals surface area contributed by atoms with Gasteiger partial charge in [-0.1, -0.05) is 23.7 Å². The number of hydrogen-bond acceptors (Lipinski definition) is 4. The van der Waals surface area contributed by atoms with E-state index in [1.807, 2.05) is 41.1 Å². The number of thiophene rings is 1. The molecular formula is C22H19ClN2O2S2. The van der Waals surface area contributed by atoms with Crippen LogP contribution in [0.15, 0.2) is 64.1 Å². The third kappa shape index (κ3) is 3.80. The molecule has 0 saturated carbocycles. The highest BCUT2D eigenvalue weighted by atomic mass is 35.5. The van der Waals surface area contributed by atoms with Crippen molar-refractivity contribution < 1.29 is 4.79 Å². The molecule has 0 spiro atoms. The van der Waals surface area contributed by atoms with Crippen molar-refractivity contribution in [3.05, 3.63) is 91.5 Å². The lowest BCUT2D eigenvalue weighted by molar-refractivity contribution is 0.0955. The molecule has 0 fully saturated rings. The first-order valence-electron chi connectivity index (χ1n) is 9.14. The zero-order valence-electron chi connectivity index (χ0n) is 15.8. The van der Waals surface area contributed by atoms with Crippen LogP contribution in [0.3, 0.4) is 0 Å². The summed E-state index contributed by atoms with van der Waals surface area (Å²) in [6.07, 6.45) is 2.16. The van der Waals surface area contributed by atoms with E-state index < -0.39 is 0 Å². The second kappa shape index (κ2) is 8.22. The molecule has 0 saturated heterocycles. The van der Waals surface area contributed by atoms with Crippen molar-refractivity contribution in [1.82, 2.24) is 9.88 Å².